The highest BCUT2D eigenvalue weighted by Crippen LogP contribution is 2.29. The van der Waals surface area contributed by atoms with Gasteiger partial charge in [-0.25, -0.2) is 4.79 Å². The maximum absolute atomic E-state index is 12.1. The number of halogens is 3. The van der Waals surface area contributed by atoms with Gasteiger partial charge in [0.2, 0.25) is 0 Å². The van der Waals surface area contributed by atoms with Crippen LogP contribution in [0.1, 0.15) is 16.8 Å². The first-order valence-corrected chi connectivity index (χ1v) is 5.83. The number of carboxylic acid groups (broad SMARTS) is 1. The Morgan fingerprint density at radius 1 is 1.10 bits per heavy atom. The van der Waals surface area contributed by atoms with E-state index >= 15 is 0 Å². The fourth-order valence-corrected chi connectivity index (χ4v) is 1.86. The largest absolute Gasteiger partial charge is 0.493 e. The second-order valence-electron chi connectivity index (χ2n) is 4.18. The zero-order chi connectivity index (χ0) is 14.8. The van der Waals surface area contributed by atoms with Crippen molar-refractivity contribution in [2.24, 2.45) is 0 Å². The van der Waals surface area contributed by atoms with Gasteiger partial charge in [0.15, 0.2) is 0 Å². The Kier molecular flexibility index (Phi) is 3.83. The summed E-state index contributed by atoms with van der Waals surface area (Å²) >= 11 is 0. The van der Waals surface area contributed by atoms with Gasteiger partial charge < -0.3 is 9.84 Å². The molecule has 0 fully saturated rings. The van der Waals surface area contributed by atoms with Crippen molar-refractivity contribution in [3.8, 4) is 5.75 Å². The average Bonchev–Trinajstić information content (AvgIpc) is 2.37. The Labute approximate surface area is 112 Å². The third-order valence-electron chi connectivity index (χ3n) is 2.76. The zero-order valence-electron chi connectivity index (χ0n) is 10.3. The molecule has 2 aromatic rings. The third-order valence-corrected chi connectivity index (χ3v) is 2.76. The average molecular weight is 284 g/mol. The van der Waals surface area contributed by atoms with Crippen molar-refractivity contribution in [1.29, 1.82) is 0 Å². The van der Waals surface area contributed by atoms with Crippen LogP contribution in [0.3, 0.4) is 0 Å². The van der Waals surface area contributed by atoms with Crippen LogP contribution in [0.15, 0.2) is 36.4 Å². The Morgan fingerprint density at radius 2 is 1.75 bits per heavy atom. The molecule has 0 saturated heterocycles. The molecule has 0 radical (unpaired) electrons. The predicted molar refractivity (Wildman–Crippen MR) is 67.1 cm³/mol. The summed E-state index contributed by atoms with van der Waals surface area (Å²) in [5.41, 5.74) is 0.0868. The number of fused-ring (bicyclic) bond motifs is 1. The summed E-state index contributed by atoms with van der Waals surface area (Å²) in [4.78, 5) is 11.1. The minimum absolute atomic E-state index is 0.0868. The van der Waals surface area contributed by atoms with Crippen LogP contribution in [0.5, 0.6) is 5.75 Å². The van der Waals surface area contributed by atoms with Crippen molar-refractivity contribution in [3.63, 3.8) is 0 Å². The topological polar surface area (TPSA) is 46.5 Å². The van der Waals surface area contributed by atoms with Gasteiger partial charge in [-0.2, -0.15) is 13.2 Å². The van der Waals surface area contributed by atoms with E-state index in [1.165, 1.54) is 12.1 Å². The molecule has 0 aromatic heterocycles. The Balaban J connectivity index is 2.31. The van der Waals surface area contributed by atoms with Gasteiger partial charge in [-0.15, -0.1) is 0 Å². The number of hydrogen-bond donors (Lipinski definition) is 1. The molecule has 3 nitrogen and oxygen atoms in total. The van der Waals surface area contributed by atoms with Crippen LogP contribution in [0.4, 0.5) is 13.2 Å². The van der Waals surface area contributed by atoms with E-state index in [-0.39, 0.29) is 11.3 Å². The second kappa shape index (κ2) is 5.40. The lowest BCUT2D eigenvalue weighted by Crippen LogP contribution is -2.13. The van der Waals surface area contributed by atoms with Crippen LogP contribution < -0.4 is 4.74 Å². The van der Waals surface area contributed by atoms with Crippen molar-refractivity contribution in [3.05, 3.63) is 42.0 Å². The van der Waals surface area contributed by atoms with Crippen molar-refractivity contribution in [1.82, 2.24) is 0 Å². The number of rotatable bonds is 4. The first-order chi connectivity index (χ1) is 9.38. The van der Waals surface area contributed by atoms with Gasteiger partial charge in [-0.3, -0.25) is 0 Å². The van der Waals surface area contributed by atoms with E-state index in [2.05, 4.69) is 0 Å². The number of carbonyl (C=O) groups is 1. The summed E-state index contributed by atoms with van der Waals surface area (Å²) in [6, 6.07) is 9.24. The minimum Gasteiger partial charge on any atom is -0.493 e. The maximum atomic E-state index is 12.1. The molecule has 0 heterocycles. The van der Waals surface area contributed by atoms with Gasteiger partial charge in [0.25, 0.3) is 0 Å². The number of aromatic carboxylic acids is 1. The van der Waals surface area contributed by atoms with Crippen LogP contribution in [-0.2, 0) is 0 Å². The summed E-state index contributed by atoms with van der Waals surface area (Å²) in [6.45, 7) is -0.500. The molecule has 1 N–H and O–H groups in total. The minimum atomic E-state index is -4.28. The molecule has 2 aromatic carbocycles. The molecule has 0 spiro atoms. The molecule has 0 amide bonds. The van der Waals surface area contributed by atoms with Crippen LogP contribution in [-0.4, -0.2) is 23.9 Å². The molecule has 0 aliphatic rings. The number of hydrogen-bond acceptors (Lipinski definition) is 2. The molecule has 20 heavy (non-hydrogen) atoms. The molecule has 0 aliphatic heterocycles. The van der Waals surface area contributed by atoms with Gasteiger partial charge in [0, 0.05) is 5.39 Å². The Morgan fingerprint density at radius 3 is 2.35 bits per heavy atom. The van der Waals surface area contributed by atoms with Gasteiger partial charge >= 0.3 is 12.1 Å². The molecule has 2 rings (SSSR count). The molecule has 0 aliphatic carbocycles. The highest BCUT2D eigenvalue weighted by atomic mass is 19.4. The fraction of sp³-hybridized carbons (Fsp3) is 0.214. The van der Waals surface area contributed by atoms with E-state index < -0.39 is 25.2 Å². The lowest BCUT2D eigenvalue weighted by molar-refractivity contribution is -0.139. The quantitative estimate of drug-likeness (QED) is 0.927. The first-order valence-electron chi connectivity index (χ1n) is 5.83. The van der Waals surface area contributed by atoms with Gasteiger partial charge in [0.1, 0.15) is 5.75 Å². The van der Waals surface area contributed by atoms with E-state index in [1.54, 1.807) is 24.3 Å². The summed E-state index contributed by atoms with van der Waals surface area (Å²) in [6.07, 6.45) is -5.33. The monoisotopic (exact) mass is 284 g/mol. The molecular weight excluding hydrogens is 273 g/mol. The van der Waals surface area contributed by atoms with Crippen molar-refractivity contribution in [2.75, 3.05) is 6.61 Å². The summed E-state index contributed by atoms with van der Waals surface area (Å²) < 4.78 is 41.4. The number of ether oxygens (including phenoxy) is 1. The zero-order valence-corrected chi connectivity index (χ0v) is 10.3. The molecule has 106 valence electrons. The molecule has 6 heteroatoms. The van der Waals surface area contributed by atoms with Crippen molar-refractivity contribution < 1.29 is 27.8 Å². The molecule has 0 unspecified atom stereocenters. The number of alkyl halides is 3. The van der Waals surface area contributed by atoms with Crippen LogP contribution in [0.25, 0.3) is 10.8 Å². The second-order valence-corrected chi connectivity index (χ2v) is 4.18. The van der Waals surface area contributed by atoms with Crippen LogP contribution in [0.2, 0.25) is 0 Å². The SMILES string of the molecule is O=C(O)c1ccc(OCCC(F)(F)F)c2ccccc12. The first kappa shape index (κ1) is 14.2. The molecular formula is C14H11F3O3. The van der Waals surface area contributed by atoms with E-state index in [1.807, 2.05) is 0 Å². The molecule has 0 saturated carbocycles. The van der Waals surface area contributed by atoms with Gasteiger partial charge in [0.05, 0.1) is 18.6 Å². The molecule has 0 bridgehead atoms. The highest BCUT2D eigenvalue weighted by Gasteiger charge is 2.27. The third kappa shape index (κ3) is 3.20. The highest BCUT2D eigenvalue weighted by molar-refractivity contribution is 6.05. The lowest BCUT2D eigenvalue weighted by atomic mass is 10.0. The van der Waals surface area contributed by atoms with E-state index in [9.17, 15) is 18.0 Å². The van der Waals surface area contributed by atoms with Gasteiger partial charge in [-0.05, 0) is 17.5 Å². The Bertz CT molecular complexity index is 635. The number of benzene rings is 2. The summed E-state index contributed by atoms with van der Waals surface area (Å²) in [5, 5.41) is 9.98. The summed E-state index contributed by atoms with van der Waals surface area (Å²) in [5.74, 6) is -0.849. The van der Waals surface area contributed by atoms with Crippen LogP contribution in [0, 0.1) is 0 Å². The van der Waals surface area contributed by atoms with Crippen molar-refractivity contribution >= 4 is 16.7 Å². The van der Waals surface area contributed by atoms with E-state index in [0.717, 1.165) is 0 Å². The lowest BCUT2D eigenvalue weighted by Gasteiger charge is -2.12. The maximum Gasteiger partial charge on any atom is 0.392 e. The number of carboxylic acids is 1. The van der Waals surface area contributed by atoms with E-state index in [0.29, 0.717) is 10.8 Å². The van der Waals surface area contributed by atoms with Crippen molar-refractivity contribution in [2.45, 2.75) is 12.6 Å². The normalized spacial score (nSPS) is 11.6. The Hall–Kier alpha value is -2.24. The fourth-order valence-electron chi connectivity index (χ4n) is 1.86. The predicted octanol–water partition coefficient (Wildman–Crippen LogP) is 3.87. The van der Waals surface area contributed by atoms with E-state index in [4.69, 9.17) is 9.84 Å². The van der Waals surface area contributed by atoms with Crippen LogP contribution >= 0.6 is 0 Å². The van der Waals surface area contributed by atoms with Gasteiger partial charge in [-0.1, -0.05) is 24.3 Å². The summed E-state index contributed by atoms with van der Waals surface area (Å²) in [7, 11) is 0. The smallest absolute Gasteiger partial charge is 0.392 e. The standard InChI is InChI=1S/C14H11F3O3/c15-14(16,17)7-8-20-12-6-5-11(13(18)19)9-3-1-2-4-10(9)12/h1-6H,7-8H2,(H,18,19). The molecule has 0 atom stereocenters.